The van der Waals surface area contributed by atoms with Crippen molar-refractivity contribution in [3.05, 3.63) is 47.8 Å². The highest BCUT2D eigenvalue weighted by atomic mass is 16.5. The van der Waals surface area contributed by atoms with E-state index in [1.807, 2.05) is 24.3 Å². The lowest BCUT2D eigenvalue weighted by molar-refractivity contribution is 0.0595. The van der Waals surface area contributed by atoms with Gasteiger partial charge in [-0.25, -0.2) is 4.79 Å². The predicted molar refractivity (Wildman–Crippen MR) is 73.5 cm³/mol. The Bertz CT molecular complexity index is 712. The number of nitrogens with zero attached hydrogens (tertiary/aromatic N) is 1. The fourth-order valence-corrected chi connectivity index (χ4v) is 1.89. The first-order valence-electron chi connectivity index (χ1n) is 6.11. The number of carbonyl (C=O) groups excluding carboxylic acids is 1. The highest BCUT2D eigenvalue weighted by Gasteiger charge is 2.09. The summed E-state index contributed by atoms with van der Waals surface area (Å²) in [5.41, 5.74) is 2.87. The second-order valence-corrected chi connectivity index (χ2v) is 4.25. The van der Waals surface area contributed by atoms with Crippen molar-refractivity contribution in [2.45, 2.75) is 6.54 Å². The minimum atomic E-state index is -0.391. The van der Waals surface area contributed by atoms with Gasteiger partial charge in [-0.05, 0) is 23.8 Å². The van der Waals surface area contributed by atoms with Crippen LogP contribution in [0.4, 0.5) is 6.01 Å². The van der Waals surface area contributed by atoms with Gasteiger partial charge in [-0.15, -0.1) is 0 Å². The van der Waals surface area contributed by atoms with Gasteiger partial charge in [0.2, 0.25) is 0 Å². The van der Waals surface area contributed by atoms with Gasteiger partial charge in [-0.2, -0.15) is 4.98 Å². The van der Waals surface area contributed by atoms with E-state index in [4.69, 9.17) is 4.42 Å². The maximum absolute atomic E-state index is 11.3. The Labute approximate surface area is 114 Å². The van der Waals surface area contributed by atoms with E-state index in [1.165, 1.54) is 7.11 Å². The normalized spacial score (nSPS) is 10.7. The van der Waals surface area contributed by atoms with Crippen LogP contribution >= 0.6 is 0 Å². The molecular weight excluding hydrogens is 258 g/mol. The number of oxazole rings is 1. The molecule has 1 aromatic carbocycles. The van der Waals surface area contributed by atoms with Crippen molar-refractivity contribution in [3.63, 3.8) is 0 Å². The number of para-hydroxylation sites is 2. The Kier molecular flexibility index (Phi) is 3.12. The van der Waals surface area contributed by atoms with Crippen molar-refractivity contribution in [1.29, 1.82) is 0 Å². The standard InChI is InChI=1S/C14H13N3O3/c1-19-13(18)11-6-9(7-15-11)8-16-14-17-10-4-2-3-5-12(10)20-14/h2-7,15H,8H2,1H3,(H,16,17). The van der Waals surface area contributed by atoms with Crippen LogP contribution in [0.2, 0.25) is 0 Å². The van der Waals surface area contributed by atoms with Crippen LogP contribution in [-0.2, 0) is 11.3 Å². The van der Waals surface area contributed by atoms with Crippen molar-refractivity contribution >= 4 is 23.1 Å². The van der Waals surface area contributed by atoms with Crippen molar-refractivity contribution in [2.75, 3.05) is 12.4 Å². The molecule has 0 fully saturated rings. The topological polar surface area (TPSA) is 80.2 Å². The molecule has 0 aliphatic carbocycles. The summed E-state index contributed by atoms with van der Waals surface area (Å²) in [6, 6.07) is 9.72. The molecular formula is C14H13N3O3. The molecule has 2 aromatic heterocycles. The molecule has 6 nitrogen and oxygen atoms in total. The molecule has 102 valence electrons. The third kappa shape index (κ3) is 2.35. The monoisotopic (exact) mass is 271 g/mol. The van der Waals surface area contributed by atoms with Crippen molar-refractivity contribution in [3.8, 4) is 0 Å². The number of esters is 1. The molecule has 2 heterocycles. The molecule has 0 spiro atoms. The number of hydrogen-bond acceptors (Lipinski definition) is 5. The lowest BCUT2D eigenvalue weighted by atomic mass is 10.3. The highest BCUT2D eigenvalue weighted by molar-refractivity contribution is 5.87. The number of nitrogens with one attached hydrogen (secondary N) is 2. The number of ether oxygens (including phenoxy) is 1. The zero-order chi connectivity index (χ0) is 13.9. The predicted octanol–water partition coefficient (Wildman–Crippen LogP) is 2.55. The van der Waals surface area contributed by atoms with Gasteiger partial charge in [-0.3, -0.25) is 0 Å². The molecule has 6 heteroatoms. The minimum Gasteiger partial charge on any atom is -0.464 e. The number of H-pyrrole nitrogens is 1. The lowest BCUT2D eigenvalue weighted by Gasteiger charge is -1.97. The number of methoxy groups -OCH3 is 1. The lowest BCUT2D eigenvalue weighted by Crippen LogP contribution is -2.01. The Hall–Kier alpha value is -2.76. The van der Waals surface area contributed by atoms with E-state index >= 15 is 0 Å². The van der Waals surface area contributed by atoms with Crippen LogP contribution in [0.5, 0.6) is 0 Å². The number of benzene rings is 1. The molecule has 3 aromatic rings. The van der Waals surface area contributed by atoms with Gasteiger partial charge >= 0.3 is 5.97 Å². The summed E-state index contributed by atoms with van der Waals surface area (Å²) in [5, 5.41) is 3.07. The number of fused-ring (bicyclic) bond motifs is 1. The summed E-state index contributed by atoms with van der Waals surface area (Å²) >= 11 is 0. The van der Waals surface area contributed by atoms with E-state index in [9.17, 15) is 4.79 Å². The Balaban J connectivity index is 1.69. The van der Waals surface area contributed by atoms with Crippen LogP contribution in [0.1, 0.15) is 16.1 Å². The van der Waals surface area contributed by atoms with E-state index in [2.05, 4.69) is 20.0 Å². The average Bonchev–Trinajstić information content (AvgIpc) is 3.10. The molecule has 0 amide bonds. The van der Waals surface area contributed by atoms with Gasteiger partial charge in [0.25, 0.3) is 6.01 Å². The maximum Gasteiger partial charge on any atom is 0.354 e. The van der Waals surface area contributed by atoms with Crippen LogP contribution in [-0.4, -0.2) is 23.0 Å². The van der Waals surface area contributed by atoms with E-state index in [1.54, 1.807) is 12.3 Å². The Morgan fingerprint density at radius 3 is 3.10 bits per heavy atom. The molecule has 0 bridgehead atoms. The average molecular weight is 271 g/mol. The van der Waals surface area contributed by atoms with Crippen LogP contribution < -0.4 is 5.32 Å². The summed E-state index contributed by atoms with van der Waals surface area (Å²) in [7, 11) is 1.35. The largest absolute Gasteiger partial charge is 0.464 e. The number of hydrogen-bond donors (Lipinski definition) is 2. The molecule has 0 aliphatic rings. The van der Waals surface area contributed by atoms with Gasteiger partial charge in [-0.1, -0.05) is 12.1 Å². The highest BCUT2D eigenvalue weighted by Crippen LogP contribution is 2.18. The molecule has 0 saturated carbocycles. The minimum absolute atomic E-state index is 0.391. The maximum atomic E-state index is 11.3. The zero-order valence-electron chi connectivity index (χ0n) is 10.8. The fraction of sp³-hybridized carbons (Fsp3) is 0.143. The number of carbonyl (C=O) groups is 1. The van der Waals surface area contributed by atoms with Gasteiger partial charge in [0.15, 0.2) is 5.58 Å². The number of rotatable bonds is 4. The summed E-state index contributed by atoms with van der Waals surface area (Å²) in [6.07, 6.45) is 1.74. The molecule has 0 saturated heterocycles. The second-order valence-electron chi connectivity index (χ2n) is 4.25. The quantitative estimate of drug-likeness (QED) is 0.713. The third-order valence-electron chi connectivity index (χ3n) is 2.89. The van der Waals surface area contributed by atoms with Gasteiger partial charge < -0.3 is 19.5 Å². The van der Waals surface area contributed by atoms with Crippen LogP contribution in [0.3, 0.4) is 0 Å². The number of aromatic amines is 1. The Morgan fingerprint density at radius 1 is 1.45 bits per heavy atom. The van der Waals surface area contributed by atoms with Crippen molar-refractivity contribution in [1.82, 2.24) is 9.97 Å². The zero-order valence-corrected chi connectivity index (χ0v) is 10.8. The van der Waals surface area contributed by atoms with E-state index in [0.29, 0.717) is 18.3 Å². The summed E-state index contributed by atoms with van der Waals surface area (Å²) < 4.78 is 10.2. The van der Waals surface area contributed by atoms with Crippen LogP contribution in [0.25, 0.3) is 11.1 Å². The number of aromatic nitrogens is 2. The second kappa shape index (κ2) is 5.08. The van der Waals surface area contributed by atoms with Crippen molar-refractivity contribution < 1.29 is 13.9 Å². The van der Waals surface area contributed by atoms with Gasteiger partial charge in [0.05, 0.1) is 7.11 Å². The summed E-state index contributed by atoms with van der Waals surface area (Å²) in [6.45, 7) is 0.500. The molecule has 20 heavy (non-hydrogen) atoms. The summed E-state index contributed by atoms with van der Waals surface area (Å²) in [5.74, 6) is -0.391. The third-order valence-corrected chi connectivity index (χ3v) is 2.89. The smallest absolute Gasteiger partial charge is 0.354 e. The van der Waals surface area contributed by atoms with Gasteiger partial charge in [0, 0.05) is 12.7 Å². The van der Waals surface area contributed by atoms with Gasteiger partial charge in [0.1, 0.15) is 11.2 Å². The van der Waals surface area contributed by atoms with Crippen LogP contribution in [0, 0.1) is 0 Å². The van der Waals surface area contributed by atoms with Crippen molar-refractivity contribution in [2.24, 2.45) is 0 Å². The molecule has 3 rings (SSSR count). The first-order chi connectivity index (χ1) is 9.76. The van der Waals surface area contributed by atoms with E-state index < -0.39 is 5.97 Å². The van der Waals surface area contributed by atoms with E-state index in [-0.39, 0.29) is 0 Å². The number of anilines is 1. The molecule has 0 atom stereocenters. The van der Waals surface area contributed by atoms with E-state index in [0.717, 1.165) is 16.7 Å². The van der Waals surface area contributed by atoms with Crippen LogP contribution in [0.15, 0.2) is 40.9 Å². The first kappa shape index (κ1) is 12.3. The molecule has 0 aliphatic heterocycles. The SMILES string of the molecule is COC(=O)c1cc(CNc2nc3ccccc3o2)c[nH]1. The molecule has 2 N–H and O–H groups in total. The molecule has 0 unspecified atom stereocenters. The fourth-order valence-electron chi connectivity index (χ4n) is 1.89. The first-order valence-corrected chi connectivity index (χ1v) is 6.11. The molecule has 0 radical (unpaired) electrons. The Morgan fingerprint density at radius 2 is 2.30 bits per heavy atom. The summed E-state index contributed by atoms with van der Waals surface area (Å²) in [4.78, 5) is 18.5.